The molecule has 1 N–H and O–H groups in total. The van der Waals surface area contributed by atoms with Gasteiger partial charge in [-0.15, -0.1) is 0 Å². The van der Waals surface area contributed by atoms with Gasteiger partial charge in [0.2, 0.25) is 0 Å². The van der Waals surface area contributed by atoms with Gasteiger partial charge < -0.3 is 4.98 Å². The molecule has 0 saturated carbocycles. The quantitative estimate of drug-likeness (QED) is 0.782. The van der Waals surface area contributed by atoms with E-state index in [0.29, 0.717) is 4.64 Å². The van der Waals surface area contributed by atoms with Crippen molar-refractivity contribution in [1.82, 2.24) is 15.0 Å². The van der Waals surface area contributed by atoms with Crippen LogP contribution in [0.5, 0.6) is 0 Å². The van der Waals surface area contributed by atoms with Crippen molar-refractivity contribution < 1.29 is 0 Å². The molecule has 0 aliphatic heterocycles. The Balaban J connectivity index is 2.58. The van der Waals surface area contributed by atoms with Crippen molar-refractivity contribution in [2.24, 2.45) is 0 Å². The minimum absolute atomic E-state index is 0.0261. The van der Waals surface area contributed by atoms with Crippen molar-refractivity contribution in [3.05, 3.63) is 40.9 Å². The van der Waals surface area contributed by atoms with E-state index >= 15 is 0 Å². The summed E-state index contributed by atoms with van der Waals surface area (Å²) in [6.45, 7) is 6.43. The second-order valence-corrected chi connectivity index (χ2v) is 5.39. The van der Waals surface area contributed by atoms with Gasteiger partial charge in [0.25, 0.3) is 0 Å². The van der Waals surface area contributed by atoms with Crippen LogP contribution in [0.4, 0.5) is 0 Å². The van der Waals surface area contributed by atoms with Crippen molar-refractivity contribution in [1.29, 1.82) is 0 Å². The van der Waals surface area contributed by atoms with Gasteiger partial charge in [0.05, 0.1) is 0 Å². The van der Waals surface area contributed by atoms with Crippen molar-refractivity contribution in [2.45, 2.75) is 26.2 Å². The number of hydrogen-bond donors (Lipinski definition) is 1. The molecule has 0 aliphatic rings. The number of aromatic nitrogens is 3. The molecule has 0 spiro atoms. The van der Waals surface area contributed by atoms with E-state index in [1.807, 2.05) is 18.2 Å². The average molecular weight is 245 g/mol. The lowest BCUT2D eigenvalue weighted by atomic mass is 9.92. The summed E-state index contributed by atoms with van der Waals surface area (Å²) in [5, 5.41) is 0. The lowest BCUT2D eigenvalue weighted by Crippen LogP contribution is -2.14. The van der Waals surface area contributed by atoms with Gasteiger partial charge in [0.1, 0.15) is 10.5 Å². The van der Waals surface area contributed by atoms with Crippen molar-refractivity contribution in [3.63, 3.8) is 0 Å². The van der Waals surface area contributed by atoms with Crippen LogP contribution in [0.25, 0.3) is 11.4 Å². The summed E-state index contributed by atoms with van der Waals surface area (Å²) in [4.78, 5) is 11.7. The van der Waals surface area contributed by atoms with E-state index in [4.69, 9.17) is 12.2 Å². The topological polar surface area (TPSA) is 41.6 Å². The molecule has 0 atom stereocenters. The second kappa shape index (κ2) is 4.37. The fraction of sp³-hybridized carbons (Fsp3) is 0.308. The summed E-state index contributed by atoms with van der Waals surface area (Å²) in [6.07, 6.45) is 3.50. The Kier molecular flexibility index (Phi) is 3.07. The number of hydrogen-bond acceptors (Lipinski definition) is 3. The molecule has 17 heavy (non-hydrogen) atoms. The van der Waals surface area contributed by atoms with Gasteiger partial charge in [-0.3, -0.25) is 4.98 Å². The van der Waals surface area contributed by atoms with Gasteiger partial charge in [0, 0.05) is 29.1 Å². The minimum Gasteiger partial charge on any atom is -0.343 e. The number of rotatable bonds is 1. The Labute approximate surface area is 106 Å². The van der Waals surface area contributed by atoms with Crippen LogP contribution in [0, 0.1) is 4.64 Å². The van der Waals surface area contributed by atoms with E-state index in [2.05, 4.69) is 35.7 Å². The van der Waals surface area contributed by atoms with Crippen LogP contribution in [0.2, 0.25) is 0 Å². The Morgan fingerprint density at radius 3 is 2.41 bits per heavy atom. The molecule has 88 valence electrons. The predicted molar refractivity (Wildman–Crippen MR) is 71.4 cm³/mol. The average Bonchev–Trinajstić information content (AvgIpc) is 2.28. The SMILES string of the molecule is CC(C)(C)c1cc(=S)nc(-c2ccncc2)[nH]1. The molecule has 0 radical (unpaired) electrons. The Hall–Kier alpha value is -1.55. The monoisotopic (exact) mass is 245 g/mol. The first-order chi connectivity index (χ1) is 7.97. The van der Waals surface area contributed by atoms with E-state index in [-0.39, 0.29) is 5.41 Å². The van der Waals surface area contributed by atoms with Crippen molar-refractivity contribution in [2.75, 3.05) is 0 Å². The van der Waals surface area contributed by atoms with E-state index in [1.54, 1.807) is 12.4 Å². The molecule has 2 aromatic rings. The van der Waals surface area contributed by atoms with Crippen LogP contribution in [0.15, 0.2) is 30.6 Å². The summed E-state index contributed by atoms with van der Waals surface area (Å²) in [6, 6.07) is 5.75. The van der Waals surface area contributed by atoms with Gasteiger partial charge in [-0.2, -0.15) is 0 Å². The number of nitrogens with zero attached hydrogens (tertiary/aromatic N) is 2. The standard InChI is InChI=1S/C13H15N3S/c1-13(2,3)10-8-11(17)16-12(15-10)9-4-6-14-7-5-9/h4-8H,1-3H3,(H,15,16,17). The normalized spacial score (nSPS) is 11.5. The first-order valence-corrected chi connectivity index (χ1v) is 5.90. The zero-order chi connectivity index (χ0) is 12.5. The highest BCUT2D eigenvalue weighted by Gasteiger charge is 2.15. The number of pyridine rings is 1. The molecule has 0 aliphatic carbocycles. The minimum atomic E-state index is 0.0261. The summed E-state index contributed by atoms with van der Waals surface area (Å²) in [7, 11) is 0. The van der Waals surface area contributed by atoms with E-state index in [0.717, 1.165) is 17.1 Å². The van der Waals surface area contributed by atoms with E-state index in [9.17, 15) is 0 Å². The third kappa shape index (κ3) is 2.77. The van der Waals surface area contributed by atoms with Crippen LogP contribution in [0.1, 0.15) is 26.5 Å². The number of H-pyrrole nitrogens is 1. The van der Waals surface area contributed by atoms with Crippen LogP contribution in [-0.4, -0.2) is 15.0 Å². The van der Waals surface area contributed by atoms with Crippen LogP contribution in [0.3, 0.4) is 0 Å². The zero-order valence-electron chi connectivity index (χ0n) is 10.2. The summed E-state index contributed by atoms with van der Waals surface area (Å²) >= 11 is 5.21. The Morgan fingerprint density at radius 1 is 1.18 bits per heavy atom. The summed E-state index contributed by atoms with van der Waals surface area (Å²) in [5.74, 6) is 0.796. The maximum atomic E-state index is 5.21. The number of nitrogens with one attached hydrogen (secondary N) is 1. The Morgan fingerprint density at radius 2 is 1.82 bits per heavy atom. The molecule has 3 nitrogen and oxygen atoms in total. The van der Waals surface area contributed by atoms with Gasteiger partial charge in [0.15, 0.2) is 0 Å². The fourth-order valence-electron chi connectivity index (χ4n) is 1.51. The lowest BCUT2D eigenvalue weighted by Gasteiger charge is -2.19. The molecule has 0 aromatic carbocycles. The van der Waals surface area contributed by atoms with E-state index < -0.39 is 0 Å². The maximum absolute atomic E-state index is 5.21. The molecule has 0 saturated heterocycles. The predicted octanol–water partition coefficient (Wildman–Crippen LogP) is 3.50. The number of aromatic amines is 1. The van der Waals surface area contributed by atoms with Gasteiger partial charge >= 0.3 is 0 Å². The molecular weight excluding hydrogens is 230 g/mol. The zero-order valence-corrected chi connectivity index (χ0v) is 11.0. The third-order valence-corrected chi connectivity index (χ3v) is 2.71. The molecular formula is C13H15N3S. The molecule has 0 bridgehead atoms. The molecule has 2 aromatic heterocycles. The molecule has 2 heterocycles. The third-order valence-electron chi connectivity index (χ3n) is 2.50. The van der Waals surface area contributed by atoms with Crippen LogP contribution in [-0.2, 0) is 5.41 Å². The largest absolute Gasteiger partial charge is 0.343 e. The van der Waals surface area contributed by atoms with Crippen molar-refractivity contribution in [3.8, 4) is 11.4 Å². The first-order valence-electron chi connectivity index (χ1n) is 5.49. The van der Waals surface area contributed by atoms with Gasteiger partial charge in [-0.1, -0.05) is 33.0 Å². The van der Waals surface area contributed by atoms with E-state index in [1.165, 1.54) is 0 Å². The second-order valence-electron chi connectivity index (χ2n) is 4.97. The summed E-state index contributed by atoms with van der Waals surface area (Å²) < 4.78 is 0.612. The molecule has 4 heteroatoms. The molecule has 0 fully saturated rings. The highest BCUT2D eigenvalue weighted by Crippen LogP contribution is 2.22. The van der Waals surface area contributed by atoms with Crippen molar-refractivity contribution >= 4 is 12.2 Å². The highest BCUT2D eigenvalue weighted by molar-refractivity contribution is 7.71. The van der Waals surface area contributed by atoms with Crippen LogP contribution >= 0.6 is 12.2 Å². The fourth-order valence-corrected chi connectivity index (χ4v) is 1.72. The van der Waals surface area contributed by atoms with Crippen LogP contribution < -0.4 is 0 Å². The maximum Gasteiger partial charge on any atom is 0.139 e. The van der Waals surface area contributed by atoms with Gasteiger partial charge in [-0.05, 0) is 18.2 Å². The molecule has 0 unspecified atom stereocenters. The smallest absolute Gasteiger partial charge is 0.139 e. The Bertz CT molecular complexity index is 567. The summed E-state index contributed by atoms with van der Waals surface area (Å²) in [5.41, 5.74) is 2.11. The van der Waals surface area contributed by atoms with Gasteiger partial charge in [-0.25, -0.2) is 4.98 Å². The highest BCUT2D eigenvalue weighted by atomic mass is 32.1. The molecule has 2 rings (SSSR count). The molecule has 0 amide bonds. The first kappa shape index (κ1) is 11.9. The lowest BCUT2D eigenvalue weighted by molar-refractivity contribution is 0.567.